The average molecular weight is 402 g/mol. The van der Waals surface area contributed by atoms with E-state index in [2.05, 4.69) is 6.92 Å². The van der Waals surface area contributed by atoms with Crippen LogP contribution < -0.4 is 0 Å². The van der Waals surface area contributed by atoms with E-state index in [1.54, 1.807) is 16.1 Å². The monoisotopic (exact) mass is 401 g/mol. The number of hydrogen-bond acceptors (Lipinski definition) is 3. The van der Waals surface area contributed by atoms with Gasteiger partial charge in [-0.3, -0.25) is 9.59 Å². The zero-order valence-electron chi connectivity index (χ0n) is 18.5. The minimum absolute atomic E-state index is 0.0381. The molecular formula is C23H35N3O3. The first-order chi connectivity index (χ1) is 13.7. The molecule has 2 aromatic rings. The molecule has 2 rings (SSSR count). The van der Waals surface area contributed by atoms with Crippen LogP contribution >= 0.6 is 0 Å². The number of carbonyl (C=O) groups is 2. The molecule has 0 saturated heterocycles. The minimum Gasteiger partial charge on any atom is -0.467 e. The number of hydrogen-bond donors (Lipinski definition) is 0. The van der Waals surface area contributed by atoms with Gasteiger partial charge >= 0.3 is 0 Å². The molecule has 0 unspecified atom stereocenters. The molecule has 0 aliphatic rings. The fourth-order valence-corrected chi connectivity index (χ4v) is 3.15. The maximum absolute atomic E-state index is 13.2. The van der Waals surface area contributed by atoms with E-state index in [0.29, 0.717) is 26.1 Å². The summed E-state index contributed by atoms with van der Waals surface area (Å²) in [6.45, 7) is 9.78. The molecule has 0 saturated carbocycles. The highest BCUT2D eigenvalue weighted by atomic mass is 16.3. The van der Waals surface area contributed by atoms with Gasteiger partial charge in [-0.1, -0.05) is 34.1 Å². The smallest absolute Gasteiger partial charge is 0.242 e. The Kier molecular flexibility index (Phi) is 8.11. The van der Waals surface area contributed by atoms with Crippen molar-refractivity contribution in [3.8, 4) is 0 Å². The SMILES string of the molecule is CCCCN(CC(=O)N(Cc1ccco1)Cc1cccn1C)C(=O)CC(C)(C)C. The lowest BCUT2D eigenvalue weighted by molar-refractivity contribution is -0.142. The lowest BCUT2D eigenvalue weighted by Crippen LogP contribution is -2.43. The maximum atomic E-state index is 13.2. The Morgan fingerprint density at radius 2 is 1.83 bits per heavy atom. The van der Waals surface area contributed by atoms with Crippen LogP contribution in [-0.4, -0.2) is 39.3 Å². The standard InChI is InChI=1S/C23H35N3O3/c1-6-7-13-25(21(27)15-23(2,3)4)18-22(28)26(17-20-11-9-14-29-20)16-19-10-8-12-24(19)5/h8-12,14H,6-7,13,15-18H2,1-5H3. The van der Waals surface area contributed by atoms with E-state index in [-0.39, 0.29) is 23.8 Å². The quantitative estimate of drug-likeness (QED) is 0.599. The second kappa shape index (κ2) is 10.3. The van der Waals surface area contributed by atoms with Gasteiger partial charge in [0.15, 0.2) is 0 Å². The minimum atomic E-state index is -0.110. The first kappa shape index (κ1) is 22.8. The van der Waals surface area contributed by atoms with E-state index in [1.165, 1.54) is 0 Å². The number of aromatic nitrogens is 1. The number of amides is 2. The first-order valence-corrected chi connectivity index (χ1v) is 10.4. The summed E-state index contributed by atoms with van der Waals surface area (Å²) < 4.78 is 7.47. The third-order valence-electron chi connectivity index (χ3n) is 4.83. The van der Waals surface area contributed by atoms with Gasteiger partial charge in [-0.05, 0) is 36.1 Å². The van der Waals surface area contributed by atoms with Gasteiger partial charge in [-0.2, -0.15) is 0 Å². The molecule has 0 aromatic carbocycles. The molecule has 2 heterocycles. The van der Waals surface area contributed by atoms with Crippen molar-refractivity contribution in [2.24, 2.45) is 12.5 Å². The van der Waals surface area contributed by atoms with E-state index in [0.717, 1.165) is 24.3 Å². The fourth-order valence-electron chi connectivity index (χ4n) is 3.15. The molecule has 2 amide bonds. The molecule has 0 aliphatic carbocycles. The fraction of sp³-hybridized carbons (Fsp3) is 0.565. The molecule has 0 spiro atoms. The van der Waals surface area contributed by atoms with Gasteiger partial charge in [-0.15, -0.1) is 0 Å². The molecule has 6 heteroatoms. The van der Waals surface area contributed by atoms with Gasteiger partial charge in [0.25, 0.3) is 0 Å². The molecule has 0 aliphatic heterocycles. The van der Waals surface area contributed by atoms with Crippen molar-refractivity contribution in [1.82, 2.24) is 14.4 Å². The van der Waals surface area contributed by atoms with Crippen molar-refractivity contribution in [3.05, 3.63) is 48.2 Å². The van der Waals surface area contributed by atoms with Crippen molar-refractivity contribution >= 4 is 11.8 Å². The van der Waals surface area contributed by atoms with Crippen LogP contribution in [0.3, 0.4) is 0 Å². The van der Waals surface area contributed by atoms with Gasteiger partial charge in [0, 0.05) is 31.9 Å². The van der Waals surface area contributed by atoms with Gasteiger partial charge in [0.05, 0.1) is 25.9 Å². The highest BCUT2D eigenvalue weighted by Gasteiger charge is 2.25. The molecule has 29 heavy (non-hydrogen) atoms. The molecule has 0 N–H and O–H groups in total. The Balaban J connectivity index is 2.15. The summed E-state index contributed by atoms with van der Waals surface area (Å²) in [6.07, 6.45) is 5.87. The van der Waals surface area contributed by atoms with Gasteiger partial charge in [-0.25, -0.2) is 0 Å². The number of nitrogens with zero attached hydrogens (tertiary/aromatic N) is 3. The highest BCUT2D eigenvalue weighted by molar-refractivity contribution is 5.85. The zero-order valence-corrected chi connectivity index (χ0v) is 18.5. The largest absolute Gasteiger partial charge is 0.467 e. The van der Waals surface area contributed by atoms with Crippen molar-refractivity contribution in [2.75, 3.05) is 13.1 Å². The van der Waals surface area contributed by atoms with Crippen molar-refractivity contribution in [2.45, 2.75) is 60.0 Å². The van der Waals surface area contributed by atoms with E-state index in [9.17, 15) is 9.59 Å². The van der Waals surface area contributed by atoms with Crippen LogP contribution in [0.15, 0.2) is 41.1 Å². The van der Waals surface area contributed by atoms with Crippen molar-refractivity contribution < 1.29 is 14.0 Å². The maximum Gasteiger partial charge on any atom is 0.242 e. The Bertz CT molecular complexity index is 772. The molecule has 6 nitrogen and oxygen atoms in total. The number of rotatable bonds is 10. The summed E-state index contributed by atoms with van der Waals surface area (Å²) in [5, 5.41) is 0. The third-order valence-corrected chi connectivity index (χ3v) is 4.83. The topological polar surface area (TPSA) is 58.7 Å². The third kappa shape index (κ3) is 7.44. The van der Waals surface area contributed by atoms with Crippen LogP contribution in [0.4, 0.5) is 0 Å². The summed E-state index contributed by atoms with van der Waals surface area (Å²) in [5.41, 5.74) is 0.924. The highest BCUT2D eigenvalue weighted by Crippen LogP contribution is 2.20. The van der Waals surface area contributed by atoms with Crippen LogP contribution in [-0.2, 0) is 29.7 Å². The molecule has 0 fully saturated rings. The number of carbonyl (C=O) groups excluding carboxylic acids is 2. The van der Waals surface area contributed by atoms with E-state index in [1.807, 2.05) is 62.8 Å². The van der Waals surface area contributed by atoms with Gasteiger partial charge in [0.1, 0.15) is 5.76 Å². The molecule has 0 radical (unpaired) electrons. The van der Waals surface area contributed by atoms with Crippen LogP contribution in [0.1, 0.15) is 58.4 Å². The zero-order chi connectivity index (χ0) is 21.4. The van der Waals surface area contributed by atoms with E-state index >= 15 is 0 Å². The molecule has 0 atom stereocenters. The normalized spacial score (nSPS) is 11.5. The second-order valence-corrected chi connectivity index (χ2v) is 8.85. The van der Waals surface area contributed by atoms with Crippen LogP contribution in [0.5, 0.6) is 0 Å². The first-order valence-electron chi connectivity index (χ1n) is 10.4. The summed E-state index contributed by atoms with van der Waals surface area (Å²) in [6, 6.07) is 7.65. The lowest BCUT2D eigenvalue weighted by Gasteiger charge is -2.29. The van der Waals surface area contributed by atoms with Crippen molar-refractivity contribution in [3.63, 3.8) is 0 Å². The van der Waals surface area contributed by atoms with E-state index < -0.39 is 0 Å². The van der Waals surface area contributed by atoms with Gasteiger partial charge in [0.2, 0.25) is 11.8 Å². The molecular weight excluding hydrogens is 366 g/mol. The second-order valence-electron chi connectivity index (χ2n) is 8.85. The lowest BCUT2D eigenvalue weighted by atomic mass is 9.91. The summed E-state index contributed by atoms with van der Waals surface area (Å²) in [4.78, 5) is 29.6. The summed E-state index contributed by atoms with van der Waals surface area (Å²) in [5.74, 6) is 0.700. The van der Waals surface area contributed by atoms with Gasteiger partial charge < -0.3 is 18.8 Å². The summed E-state index contributed by atoms with van der Waals surface area (Å²) in [7, 11) is 1.96. The van der Waals surface area contributed by atoms with Crippen molar-refractivity contribution in [1.29, 1.82) is 0 Å². The average Bonchev–Trinajstić information content (AvgIpc) is 3.28. The predicted molar refractivity (Wildman–Crippen MR) is 114 cm³/mol. The Morgan fingerprint density at radius 3 is 2.38 bits per heavy atom. The van der Waals surface area contributed by atoms with Crippen LogP contribution in [0.25, 0.3) is 0 Å². The number of furan rings is 1. The Labute approximate surface area is 174 Å². The molecule has 0 bridgehead atoms. The van der Waals surface area contributed by atoms with Crippen LogP contribution in [0, 0.1) is 5.41 Å². The Morgan fingerprint density at radius 1 is 1.07 bits per heavy atom. The predicted octanol–water partition coefficient (Wildman–Crippen LogP) is 4.21. The number of unbranched alkanes of at least 4 members (excludes halogenated alkanes) is 1. The number of aryl methyl sites for hydroxylation is 1. The van der Waals surface area contributed by atoms with E-state index in [4.69, 9.17) is 4.42 Å². The molecule has 160 valence electrons. The summed E-state index contributed by atoms with van der Waals surface area (Å²) >= 11 is 0. The molecule has 2 aromatic heterocycles. The Hall–Kier alpha value is -2.50. The van der Waals surface area contributed by atoms with Crippen LogP contribution in [0.2, 0.25) is 0 Å².